The number of aliphatic hydroxyl groups is 1. The third-order valence-corrected chi connectivity index (χ3v) is 6.68. The molecule has 4 rings (SSSR count). The van der Waals surface area contributed by atoms with Crippen LogP contribution in [0.2, 0.25) is 0 Å². The van der Waals surface area contributed by atoms with Gasteiger partial charge in [-0.15, -0.1) is 0 Å². The molecule has 0 atom stereocenters. The predicted molar refractivity (Wildman–Crippen MR) is 118 cm³/mol. The highest BCUT2D eigenvalue weighted by Crippen LogP contribution is 2.43. The molecule has 1 aromatic carbocycles. The Morgan fingerprint density at radius 2 is 1.76 bits per heavy atom. The first-order valence-corrected chi connectivity index (χ1v) is 11.1. The molecule has 198 valence electrons. The van der Waals surface area contributed by atoms with Crippen molar-refractivity contribution >= 4 is 17.5 Å². The third kappa shape index (κ3) is 4.61. The van der Waals surface area contributed by atoms with Gasteiger partial charge in [0, 0.05) is 18.2 Å². The van der Waals surface area contributed by atoms with Gasteiger partial charge in [-0.3, -0.25) is 15.0 Å². The van der Waals surface area contributed by atoms with Gasteiger partial charge in [0.1, 0.15) is 17.7 Å². The van der Waals surface area contributed by atoms with Crippen LogP contribution in [0.3, 0.4) is 0 Å². The Kier molecular flexibility index (Phi) is 6.42. The molecule has 3 N–H and O–H groups in total. The molecule has 14 heteroatoms. The minimum absolute atomic E-state index is 0.347. The number of benzene rings is 1. The molecule has 2 aliphatic rings. The van der Waals surface area contributed by atoms with Crippen molar-refractivity contribution in [3.05, 3.63) is 52.7 Å². The normalized spacial score (nSPS) is 18.3. The summed E-state index contributed by atoms with van der Waals surface area (Å²) in [7, 11) is 1.54. The molecule has 37 heavy (non-hydrogen) atoms. The van der Waals surface area contributed by atoms with E-state index >= 15 is 0 Å². The number of aromatic nitrogens is 2. The number of rotatable bonds is 3. The summed E-state index contributed by atoms with van der Waals surface area (Å²) in [6, 6.07) is 2.02. The van der Waals surface area contributed by atoms with E-state index in [4.69, 9.17) is 0 Å². The number of carbonyl (C=O) groups excluding carboxylic acids is 2. The Balaban J connectivity index is 1.83. The van der Waals surface area contributed by atoms with Gasteiger partial charge in [-0.05, 0) is 38.0 Å². The van der Waals surface area contributed by atoms with E-state index in [-0.39, 0.29) is 5.69 Å². The van der Waals surface area contributed by atoms with Crippen molar-refractivity contribution in [3.63, 3.8) is 0 Å². The van der Waals surface area contributed by atoms with E-state index in [9.17, 15) is 41.0 Å². The van der Waals surface area contributed by atoms with Crippen molar-refractivity contribution < 1.29 is 41.0 Å². The molecule has 1 aliphatic carbocycles. The van der Waals surface area contributed by atoms with E-state index in [0.717, 1.165) is 25.8 Å². The number of anilines is 1. The van der Waals surface area contributed by atoms with E-state index in [1.165, 1.54) is 12.1 Å². The largest absolute Gasteiger partial charge is 0.509 e. The van der Waals surface area contributed by atoms with E-state index in [1.54, 1.807) is 0 Å². The first-order valence-electron chi connectivity index (χ1n) is 11.1. The van der Waals surface area contributed by atoms with Crippen LogP contribution < -0.4 is 10.7 Å². The first kappa shape index (κ1) is 26.4. The Morgan fingerprint density at radius 3 is 2.35 bits per heavy atom. The number of aliphatic hydroxyl groups excluding tert-OH is 1. The number of amides is 2. The van der Waals surface area contributed by atoms with Crippen LogP contribution in [-0.2, 0) is 21.9 Å². The second-order valence-electron chi connectivity index (χ2n) is 8.87. The fourth-order valence-corrected chi connectivity index (χ4v) is 4.77. The maximum Gasteiger partial charge on any atom is 0.433 e. The van der Waals surface area contributed by atoms with Crippen LogP contribution in [-0.4, -0.2) is 44.5 Å². The molecular formula is C23H21F6N5O3. The lowest BCUT2D eigenvalue weighted by molar-refractivity contribution is -0.142. The fraction of sp³-hybridized carbons (Fsp3) is 0.391. The van der Waals surface area contributed by atoms with Crippen LogP contribution >= 0.6 is 0 Å². The molecule has 1 aliphatic heterocycles. The van der Waals surface area contributed by atoms with Gasteiger partial charge in [-0.2, -0.15) is 26.3 Å². The highest BCUT2D eigenvalue weighted by atomic mass is 19.4. The molecule has 0 radical (unpaired) electrons. The molecule has 1 saturated carbocycles. The van der Waals surface area contributed by atoms with Gasteiger partial charge in [0.25, 0.3) is 11.8 Å². The quantitative estimate of drug-likeness (QED) is 0.399. The summed E-state index contributed by atoms with van der Waals surface area (Å²) < 4.78 is 80.6. The molecule has 2 amide bonds. The lowest BCUT2D eigenvalue weighted by Gasteiger charge is -2.42. The summed E-state index contributed by atoms with van der Waals surface area (Å²) in [5, 5.41) is 14.6. The number of hydrazine groups is 1. The van der Waals surface area contributed by atoms with Gasteiger partial charge in [-0.25, -0.2) is 15.0 Å². The van der Waals surface area contributed by atoms with Crippen molar-refractivity contribution in [1.29, 1.82) is 0 Å². The van der Waals surface area contributed by atoms with Crippen LogP contribution in [0.4, 0.5) is 32.0 Å². The standard InChI is InChI=1S/C23H21F6N5O3/c1-11-16(30-10-31-17(11)23(27,28)29)13-9-12(22(24,25)26)5-6-14(13)32-19(36)15-18(35)21(7-3-4-8-21)34(2)33-20(15)37/h5-6,9-10,35H,3-4,7-8H2,1-2H3,(H,32,36)(H,33,37). The van der Waals surface area contributed by atoms with Gasteiger partial charge in [0.2, 0.25) is 0 Å². The summed E-state index contributed by atoms with van der Waals surface area (Å²) in [5.41, 5.74) is -3.60. The number of alkyl halides is 6. The zero-order chi connectivity index (χ0) is 27.3. The Bertz CT molecular complexity index is 1300. The highest BCUT2D eigenvalue weighted by Gasteiger charge is 2.49. The number of hydrogen-bond donors (Lipinski definition) is 3. The van der Waals surface area contributed by atoms with Crippen LogP contribution in [0, 0.1) is 6.92 Å². The average Bonchev–Trinajstić information content (AvgIpc) is 3.28. The van der Waals surface area contributed by atoms with E-state index < -0.39 is 69.1 Å². The maximum absolute atomic E-state index is 13.4. The molecule has 0 saturated heterocycles. The smallest absolute Gasteiger partial charge is 0.433 e. The number of nitrogens with one attached hydrogen (secondary N) is 2. The number of carbonyl (C=O) groups is 2. The predicted octanol–water partition coefficient (Wildman–Crippen LogP) is 4.53. The van der Waals surface area contributed by atoms with Crippen LogP contribution in [0.1, 0.15) is 42.5 Å². The summed E-state index contributed by atoms with van der Waals surface area (Å²) in [5.74, 6) is -2.57. The van der Waals surface area contributed by atoms with Crippen molar-refractivity contribution in [3.8, 4) is 11.3 Å². The zero-order valence-electron chi connectivity index (χ0n) is 19.5. The third-order valence-electron chi connectivity index (χ3n) is 6.68. The lowest BCUT2D eigenvalue weighted by Crippen LogP contribution is -2.60. The second-order valence-corrected chi connectivity index (χ2v) is 8.87. The number of halogens is 6. The molecule has 1 fully saturated rings. The molecule has 2 heterocycles. The van der Waals surface area contributed by atoms with Gasteiger partial charge < -0.3 is 10.4 Å². The van der Waals surface area contributed by atoms with Gasteiger partial charge in [-0.1, -0.05) is 12.8 Å². The summed E-state index contributed by atoms with van der Waals surface area (Å²) >= 11 is 0. The van der Waals surface area contributed by atoms with Gasteiger partial charge in [0.15, 0.2) is 5.69 Å². The minimum atomic E-state index is -4.91. The van der Waals surface area contributed by atoms with E-state index in [0.29, 0.717) is 31.3 Å². The summed E-state index contributed by atoms with van der Waals surface area (Å²) in [4.78, 5) is 32.7. The fourth-order valence-electron chi connectivity index (χ4n) is 4.77. The second kappa shape index (κ2) is 9.01. The molecule has 1 spiro atoms. The molecule has 0 unspecified atom stereocenters. The summed E-state index contributed by atoms with van der Waals surface area (Å²) in [6.07, 6.45) is -6.89. The Hall–Kier alpha value is -3.68. The van der Waals surface area contributed by atoms with Crippen molar-refractivity contribution in [1.82, 2.24) is 20.4 Å². The Labute approximate surface area is 206 Å². The van der Waals surface area contributed by atoms with Gasteiger partial charge >= 0.3 is 12.4 Å². The average molecular weight is 529 g/mol. The van der Waals surface area contributed by atoms with Crippen LogP contribution in [0.5, 0.6) is 0 Å². The number of nitrogens with zero attached hydrogens (tertiary/aromatic N) is 3. The van der Waals surface area contributed by atoms with E-state index in [2.05, 4.69) is 20.7 Å². The molecule has 0 bridgehead atoms. The topological polar surface area (TPSA) is 107 Å². The molecule has 1 aromatic heterocycles. The lowest BCUT2D eigenvalue weighted by atomic mass is 9.88. The number of hydrogen-bond acceptors (Lipinski definition) is 6. The minimum Gasteiger partial charge on any atom is -0.509 e. The molecular weight excluding hydrogens is 508 g/mol. The Morgan fingerprint density at radius 1 is 1.11 bits per heavy atom. The first-order chi connectivity index (χ1) is 17.2. The maximum atomic E-state index is 13.4. The SMILES string of the molecule is Cc1c(-c2cc(C(F)(F)F)ccc2NC(=O)C2=C(O)C3(CCCC3)N(C)NC2=O)ncnc1C(F)(F)F. The van der Waals surface area contributed by atoms with Crippen molar-refractivity contribution in [2.24, 2.45) is 0 Å². The molecule has 2 aromatic rings. The van der Waals surface area contributed by atoms with Crippen LogP contribution in [0.25, 0.3) is 11.3 Å². The highest BCUT2D eigenvalue weighted by molar-refractivity contribution is 6.24. The van der Waals surface area contributed by atoms with Crippen molar-refractivity contribution in [2.45, 2.75) is 50.5 Å². The van der Waals surface area contributed by atoms with Gasteiger partial charge in [0.05, 0.1) is 22.5 Å². The van der Waals surface area contributed by atoms with E-state index in [1.807, 2.05) is 0 Å². The van der Waals surface area contributed by atoms with Crippen LogP contribution in [0.15, 0.2) is 35.9 Å². The zero-order valence-corrected chi connectivity index (χ0v) is 19.5. The number of likely N-dealkylation sites (N-methyl/N-ethyl adjacent to an activating group) is 1. The van der Waals surface area contributed by atoms with Crippen molar-refractivity contribution in [2.75, 3.05) is 12.4 Å². The monoisotopic (exact) mass is 529 g/mol. The molecule has 8 nitrogen and oxygen atoms in total. The summed E-state index contributed by atoms with van der Waals surface area (Å²) in [6.45, 7) is 0.993.